The van der Waals surface area contributed by atoms with Crippen LogP contribution in [0.1, 0.15) is 24.9 Å². The molecule has 1 N–H and O–H groups in total. The summed E-state index contributed by atoms with van der Waals surface area (Å²) in [6.07, 6.45) is 0.981. The van der Waals surface area contributed by atoms with Crippen LogP contribution in [0.15, 0.2) is 24.3 Å². The molecule has 2 fully saturated rings. The van der Waals surface area contributed by atoms with E-state index >= 15 is 0 Å². The number of carbonyl (C=O) groups is 1. The number of nitrogens with one attached hydrogen (secondary N) is 1. The number of carbonyl (C=O) groups excluding carboxylic acids is 1. The Morgan fingerprint density at radius 3 is 2.64 bits per heavy atom. The van der Waals surface area contributed by atoms with Gasteiger partial charge in [0.05, 0.1) is 5.92 Å². The topological polar surface area (TPSA) is 35.6 Å². The lowest BCUT2D eigenvalue weighted by Gasteiger charge is -2.39. The maximum absolute atomic E-state index is 12.4. The number of benzene rings is 1. The molecule has 1 amide bonds. The maximum atomic E-state index is 12.4. The summed E-state index contributed by atoms with van der Waals surface area (Å²) in [6.45, 7) is 7.49. The van der Waals surface area contributed by atoms with Crippen LogP contribution in [0.4, 0.5) is 0 Å². The van der Waals surface area contributed by atoms with Crippen molar-refractivity contribution in [3.8, 4) is 0 Å². The summed E-state index contributed by atoms with van der Waals surface area (Å²) in [5.74, 6) is 0.516. The molecule has 120 valence electrons. The second-order valence-corrected chi connectivity index (χ2v) is 6.66. The Hall–Kier alpha value is -1.10. The van der Waals surface area contributed by atoms with Gasteiger partial charge in [0.1, 0.15) is 0 Å². The van der Waals surface area contributed by atoms with E-state index in [2.05, 4.69) is 23.2 Å². The Labute approximate surface area is 137 Å². The molecule has 0 aliphatic carbocycles. The second kappa shape index (κ2) is 6.99. The van der Waals surface area contributed by atoms with E-state index in [0.717, 1.165) is 50.7 Å². The fraction of sp³-hybridized carbons (Fsp3) is 0.588. The van der Waals surface area contributed by atoms with Crippen LogP contribution in [-0.4, -0.2) is 55.0 Å². The van der Waals surface area contributed by atoms with E-state index in [9.17, 15) is 4.79 Å². The predicted octanol–water partition coefficient (Wildman–Crippen LogP) is 2.15. The first-order chi connectivity index (χ1) is 10.7. The summed E-state index contributed by atoms with van der Waals surface area (Å²) in [5, 5.41) is 4.10. The summed E-state index contributed by atoms with van der Waals surface area (Å²) >= 11 is 6.31. The zero-order chi connectivity index (χ0) is 15.5. The number of amides is 1. The number of halogens is 1. The van der Waals surface area contributed by atoms with Crippen molar-refractivity contribution in [3.05, 3.63) is 34.9 Å². The average Bonchev–Trinajstić information content (AvgIpc) is 3.09. The fourth-order valence-corrected chi connectivity index (χ4v) is 3.76. The van der Waals surface area contributed by atoms with E-state index in [1.165, 1.54) is 5.56 Å². The lowest BCUT2D eigenvalue weighted by Crippen LogP contribution is -2.51. The Morgan fingerprint density at radius 1 is 1.27 bits per heavy atom. The molecule has 22 heavy (non-hydrogen) atoms. The van der Waals surface area contributed by atoms with Gasteiger partial charge in [0.25, 0.3) is 0 Å². The molecule has 0 bridgehead atoms. The van der Waals surface area contributed by atoms with Crippen LogP contribution in [0, 0.1) is 5.92 Å². The van der Waals surface area contributed by atoms with Crippen LogP contribution in [0.25, 0.3) is 0 Å². The third-order valence-electron chi connectivity index (χ3n) is 4.94. The largest absolute Gasteiger partial charge is 0.340 e. The summed E-state index contributed by atoms with van der Waals surface area (Å²) in [7, 11) is 0. The third-order valence-corrected chi connectivity index (χ3v) is 5.28. The Bertz CT molecular complexity index is 522. The number of rotatable bonds is 3. The lowest BCUT2D eigenvalue weighted by molar-refractivity contribution is -0.137. The van der Waals surface area contributed by atoms with Crippen LogP contribution < -0.4 is 5.32 Å². The molecule has 3 rings (SSSR count). The van der Waals surface area contributed by atoms with Gasteiger partial charge < -0.3 is 10.2 Å². The summed E-state index contributed by atoms with van der Waals surface area (Å²) in [5.41, 5.74) is 1.17. The first-order valence-electron chi connectivity index (χ1n) is 8.15. The van der Waals surface area contributed by atoms with E-state index in [4.69, 9.17) is 11.6 Å². The fourth-order valence-electron chi connectivity index (χ4n) is 3.46. The zero-order valence-corrected chi connectivity index (χ0v) is 13.9. The van der Waals surface area contributed by atoms with Gasteiger partial charge in [-0.1, -0.05) is 29.8 Å². The lowest BCUT2D eigenvalue weighted by atomic mass is 10.0. The molecule has 0 aromatic heterocycles. The summed E-state index contributed by atoms with van der Waals surface area (Å²) in [6, 6.07) is 8.32. The van der Waals surface area contributed by atoms with Crippen molar-refractivity contribution in [1.29, 1.82) is 0 Å². The van der Waals surface area contributed by atoms with Crippen molar-refractivity contribution in [2.24, 2.45) is 5.92 Å². The monoisotopic (exact) mass is 321 g/mol. The molecule has 2 atom stereocenters. The SMILES string of the molecule is CC(c1ccccc1Cl)N1CCN(C(=O)C2CCNC2)CC1. The minimum absolute atomic E-state index is 0.188. The quantitative estimate of drug-likeness (QED) is 0.926. The standard InChI is InChI=1S/C17H24ClN3O/c1-13(15-4-2-3-5-16(15)18)20-8-10-21(11-9-20)17(22)14-6-7-19-12-14/h2-5,13-14,19H,6-12H2,1H3. The van der Waals surface area contributed by atoms with Gasteiger partial charge >= 0.3 is 0 Å². The highest BCUT2D eigenvalue weighted by atomic mass is 35.5. The molecule has 5 heteroatoms. The predicted molar refractivity (Wildman–Crippen MR) is 89.0 cm³/mol. The zero-order valence-electron chi connectivity index (χ0n) is 13.1. The van der Waals surface area contributed by atoms with Crippen LogP contribution in [-0.2, 0) is 4.79 Å². The minimum Gasteiger partial charge on any atom is -0.340 e. The summed E-state index contributed by atoms with van der Waals surface area (Å²) < 4.78 is 0. The van der Waals surface area contributed by atoms with Gasteiger partial charge in [0.15, 0.2) is 0 Å². The van der Waals surface area contributed by atoms with Gasteiger partial charge in [0, 0.05) is 43.8 Å². The highest BCUT2D eigenvalue weighted by Crippen LogP contribution is 2.28. The van der Waals surface area contributed by atoms with Gasteiger partial charge in [-0.15, -0.1) is 0 Å². The highest BCUT2D eigenvalue weighted by Gasteiger charge is 2.30. The van der Waals surface area contributed by atoms with Crippen molar-refractivity contribution < 1.29 is 4.79 Å². The van der Waals surface area contributed by atoms with E-state index in [0.29, 0.717) is 11.9 Å². The molecule has 1 aromatic rings. The van der Waals surface area contributed by atoms with Crippen molar-refractivity contribution in [2.75, 3.05) is 39.3 Å². The average molecular weight is 322 g/mol. The van der Waals surface area contributed by atoms with E-state index in [1.54, 1.807) is 0 Å². The molecular formula is C17H24ClN3O. The van der Waals surface area contributed by atoms with Gasteiger partial charge in [-0.25, -0.2) is 0 Å². The Morgan fingerprint density at radius 2 is 2.00 bits per heavy atom. The van der Waals surface area contributed by atoms with Gasteiger partial charge in [-0.2, -0.15) is 0 Å². The van der Waals surface area contributed by atoms with Gasteiger partial charge in [0.2, 0.25) is 5.91 Å². The molecule has 0 radical (unpaired) electrons. The molecule has 4 nitrogen and oxygen atoms in total. The van der Waals surface area contributed by atoms with Crippen molar-refractivity contribution in [3.63, 3.8) is 0 Å². The third kappa shape index (κ3) is 3.29. The number of hydrogen-bond acceptors (Lipinski definition) is 3. The first kappa shape index (κ1) is 15.8. The van der Waals surface area contributed by atoms with Gasteiger partial charge in [-0.05, 0) is 31.5 Å². The second-order valence-electron chi connectivity index (χ2n) is 6.25. The highest BCUT2D eigenvalue weighted by molar-refractivity contribution is 6.31. The molecule has 0 saturated carbocycles. The minimum atomic E-state index is 0.188. The molecule has 2 unspecified atom stereocenters. The first-order valence-corrected chi connectivity index (χ1v) is 8.52. The smallest absolute Gasteiger partial charge is 0.227 e. The van der Waals surface area contributed by atoms with Gasteiger partial charge in [-0.3, -0.25) is 9.69 Å². The number of nitrogens with zero attached hydrogens (tertiary/aromatic N) is 2. The normalized spacial score (nSPS) is 24.5. The van der Waals surface area contributed by atoms with Crippen LogP contribution >= 0.6 is 11.6 Å². The van der Waals surface area contributed by atoms with E-state index in [-0.39, 0.29) is 5.92 Å². The maximum Gasteiger partial charge on any atom is 0.227 e. The molecule has 1 aromatic carbocycles. The molecule has 2 aliphatic rings. The van der Waals surface area contributed by atoms with E-state index in [1.807, 2.05) is 23.1 Å². The molecule has 2 saturated heterocycles. The Balaban J connectivity index is 1.57. The number of hydrogen-bond donors (Lipinski definition) is 1. The van der Waals surface area contributed by atoms with Crippen LogP contribution in [0.3, 0.4) is 0 Å². The van der Waals surface area contributed by atoms with Crippen molar-refractivity contribution in [2.45, 2.75) is 19.4 Å². The molecule has 2 aliphatic heterocycles. The van der Waals surface area contributed by atoms with Crippen molar-refractivity contribution >= 4 is 17.5 Å². The van der Waals surface area contributed by atoms with Crippen LogP contribution in [0.5, 0.6) is 0 Å². The van der Waals surface area contributed by atoms with Crippen molar-refractivity contribution in [1.82, 2.24) is 15.1 Å². The molecule has 2 heterocycles. The van der Waals surface area contributed by atoms with E-state index < -0.39 is 0 Å². The number of piperazine rings is 1. The molecule has 0 spiro atoms. The van der Waals surface area contributed by atoms with Crippen LogP contribution in [0.2, 0.25) is 5.02 Å². The summed E-state index contributed by atoms with van der Waals surface area (Å²) in [4.78, 5) is 16.9. The molecular weight excluding hydrogens is 298 g/mol. The Kier molecular flexibility index (Phi) is 5.01.